The van der Waals surface area contributed by atoms with Crippen LogP contribution in [0.2, 0.25) is 0 Å². The number of ketones is 1. The molecule has 5 nitrogen and oxygen atoms in total. The van der Waals surface area contributed by atoms with E-state index in [2.05, 4.69) is 19.9 Å². The third-order valence-corrected chi connectivity index (χ3v) is 6.15. The first-order chi connectivity index (χ1) is 12.8. The van der Waals surface area contributed by atoms with Gasteiger partial charge in [0.25, 0.3) is 0 Å². The Labute approximate surface area is 159 Å². The van der Waals surface area contributed by atoms with Crippen molar-refractivity contribution >= 4 is 23.3 Å². The first-order valence-corrected chi connectivity index (χ1v) is 9.41. The lowest BCUT2D eigenvalue weighted by molar-refractivity contribution is -0.142. The lowest BCUT2D eigenvalue weighted by Crippen LogP contribution is -2.36. The Morgan fingerprint density at radius 2 is 1.70 bits per heavy atom. The van der Waals surface area contributed by atoms with Gasteiger partial charge in [-0.1, -0.05) is 44.2 Å². The number of likely N-dealkylation sites (tertiary alicyclic amines) is 1. The van der Waals surface area contributed by atoms with Crippen LogP contribution in [0.4, 0.5) is 5.69 Å². The number of benzene rings is 1. The van der Waals surface area contributed by atoms with Gasteiger partial charge in [0.1, 0.15) is 0 Å². The Hall–Kier alpha value is -2.69. The Bertz CT molecular complexity index is 871. The van der Waals surface area contributed by atoms with Gasteiger partial charge in [-0.05, 0) is 24.5 Å². The summed E-state index contributed by atoms with van der Waals surface area (Å²) < 4.78 is 0. The summed E-state index contributed by atoms with van der Waals surface area (Å²) >= 11 is 0. The van der Waals surface area contributed by atoms with Crippen molar-refractivity contribution in [1.29, 1.82) is 0 Å². The van der Waals surface area contributed by atoms with E-state index in [0.29, 0.717) is 12.8 Å². The van der Waals surface area contributed by atoms with E-state index in [9.17, 15) is 14.4 Å². The smallest absolute Gasteiger partial charge is 0.233 e. The highest BCUT2D eigenvalue weighted by Crippen LogP contribution is 2.46. The molecule has 1 aromatic rings. The molecular formula is C22H24N2O3. The lowest BCUT2D eigenvalue weighted by atomic mass is 9.83. The number of fused-ring (bicyclic) bond motifs is 2. The summed E-state index contributed by atoms with van der Waals surface area (Å²) in [4.78, 5) is 41.1. The molecule has 2 atom stereocenters. The number of para-hydroxylation sites is 1. The van der Waals surface area contributed by atoms with Crippen molar-refractivity contribution in [1.82, 2.24) is 4.90 Å². The van der Waals surface area contributed by atoms with Crippen LogP contribution in [0, 0.1) is 11.8 Å². The second-order valence-corrected chi connectivity index (χ2v) is 8.12. The van der Waals surface area contributed by atoms with Gasteiger partial charge in [-0.25, -0.2) is 0 Å². The van der Waals surface area contributed by atoms with Crippen LogP contribution in [-0.4, -0.2) is 36.1 Å². The number of hydrogen-bond acceptors (Lipinski definition) is 4. The van der Waals surface area contributed by atoms with E-state index in [-0.39, 0.29) is 41.4 Å². The molecule has 2 aliphatic heterocycles. The van der Waals surface area contributed by atoms with Crippen molar-refractivity contribution in [3.63, 3.8) is 0 Å². The van der Waals surface area contributed by atoms with Gasteiger partial charge in [0.05, 0.1) is 18.4 Å². The molecule has 0 N–H and O–H groups in total. The van der Waals surface area contributed by atoms with Crippen LogP contribution >= 0.6 is 0 Å². The minimum absolute atomic E-state index is 0.172. The summed E-state index contributed by atoms with van der Waals surface area (Å²) in [5, 5.41) is 0. The molecule has 140 valence electrons. The predicted octanol–water partition coefficient (Wildman–Crippen LogP) is 2.82. The van der Waals surface area contributed by atoms with Gasteiger partial charge < -0.3 is 4.90 Å². The molecular weight excluding hydrogens is 340 g/mol. The van der Waals surface area contributed by atoms with Crippen LogP contribution in [0.1, 0.15) is 32.3 Å². The normalized spacial score (nSPS) is 27.3. The number of anilines is 1. The van der Waals surface area contributed by atoms with Gasteiger partial charge in [0, 0.05) is 29.9 Å². The van der Waals surface area contributed by atoms with E-state index in [4.69, 9.17) is 0 Å². The fourth-order valence-corrected chi connectivity index (χ4v) is 4.64. The molecule has 2 heterocycles. The monoisotopic (exact) mass is 364 g/mol. The van der Waals surface area contributed by atoms with E-state index in [1.165, 1.54) is 0 Å². The van der Waals surface area contributed by atoms with Crippen LogP contribution in [0.5, 0.6) is 0 Å². The second-order valence-electron chi connectivity index (χ2n) is 8.12. The number of imide groups is 1. The van der Waals surface area contributed by atoms with Gasteiger partial charge in [-0.3, -0.25) is 19.3 Å². The maximum absolute atomic E-state index is 12.8. The molecule has 1 saturated heterocycles. The topological polar surface area (TPSA) is 57.7 Å². The number of carbonyl (C=O) groups is 3. The summed E-state index contributed by atoms with van der Waals surface area (Å²) in [5.74, 6) is -1.21. The van der Waals surface area contributed by atoms with Crippen molar-refractivity contribution in [2.75, 3.05) is 18.5 Å². The lowest BCUT2D eigenvalue weighted by Gasteiger charge is -2.24. The number of allylic oxidation sites excluding steroid dienone is 3. The standard InChI is InChI=1S/C22H24N2O3/c1-22(2)17-10-6-7-11-18(17)23(3)19(22)12-14(25)13-24-20(26)15-8-4-5-9-16(15)21(24)27/h4-7,10-12,15-16H,8-9,13H2,1-3H3. The molecule has 0 spiro atoms. The number of hydrogen-bond donors (Lipinski definition) is 0. The van der Waals surface area contributed by atoms with Crippen molar-refractivity contribution in [2.24, 2.45) is 11.8 Å². The maximum Gasteiger partial charge on any atom is 0.233 e. The summed E-state index contributed by atoms with van der Waals surface area (Å²) in [7, 11) is 1.94. The largest absolute Gasteiger partial charge is 0.347 e. The number of amides is 2. The van der Waals surface area contributed by atoms with Crippen LogP contribution in [0.3, 0.4) is 0 Å². The molecule has 2 amide bonds. The Morgan fingerprint density at radius 3 is 2.30 bits per heavy atom. The van der Waals surface area contributed by atoms with Gasteiger partial charge in [0.15, 0.2) is 5.78 Å². The molecule has 0 aromatic heterocycles. The molecule has 3 aliphatic rings. The summed E-state index contributed by atoms with van der Waals surface area (Å²) in [5.41, 5.74) is 2.81. The average Bonchev–Trinajstić information content (AvgIpc) is 3.01. The summed E-state index contributed by atoms with van der Waals surface area (Å²) in [6, 6.07) is 8.08. The van der Waals surface area contributed by atoms with Crippen molar-refractivity contribution in [2.45, 2.75) is 32.1 Å². The molecule has 0 radical (unpaired) electrons. The Morgan fingerprint density at radius 1 is 1.11 bits per heavy atom. The zero-order valence-electron chi connectivity index (χ0n) is 15.9. The van der Waals surface area contributed by atoms with E-state index < -0.39 is 0 Å². The molecule has 1 fully saturated rings. The highest BCUT2D eigenvalue weighted by molar-refractivity contribution is 6.09. The van der Waals surface area contributed by atoms with E-state index in [1.54, 1.807) is 6.08 Å². The third kappa shape index (κ3) is 2.64. The summed E-state index contributed by atoms with van der Waals surface area (Å²) in [6.07, 6.45) is 6.68. The average molecular weight is 364 g/mol. The maximum atomic E-state index is 12.8. The SMILES string of the molecule is CN1C(=CC(=O)CN2C(=O)C3CC=CCC3C2=O)C(C)(C)c2ccccc21. The van der Waals surface area contributed by atoms with Crippen molar-refractivity contribution in [3.05, 3.63) is 53.8 Å². The zero-order chi connectivity index (χ0) is 19.3. The van der Waals surface area contributed by atoms with Crippen LogP contribution in [0.15, 0.2) is 48.2 Å². The predicted molar refractivity (Wildman–Crippen MR) is 103 cm³/mol. The van der Waals surface area contributed by atoms with Gasteiger partial charge in [-0.2, -0.15) is 0 Å². The molecule has 5 heteroatoms. The first kappa shape index (κ1) is 17.7. The number of rotatable bonds is 3. The molecule has 0 saturated carbocycles. The molecule has 27 heavy (non-hydrogen) atoms. The summed E-state index contributed by atoms with van der Waals surface area (Å²) in [6.45, 7) is 4.00. The van der Waals surface area contributed by atoms with Gasteiger partial charge in [0.2, 0.25) is 11.8 Å². The first-order valence-electron chi connectivity index (χ1n) is 9.41. The second kappa shape index (κ2) is 6.19. The minimum Gasteiger partial charge on any atom is -0.347 e. The quantitative estimate of drug-likeness (QED) is 0.470. The Kier molecular flexibility index (Phi) is 4.06. The third-order valence-electron chi connectivity index (χ3n) is 6.15. The number of carbonyl (C=O) groups excluding carboxylic acids is 3. The molecule has 4 rings (SSSR count). The molecule has 1 aromatic carbocycles. The van der Waals surface area contributed by atoms with Crippen molar-refractivity contribution < 1.29 is 14.4 Å². The minimum atomic E-state index is -0.308. The van der Waals surface area contributed by atoms with E-state index in [0.717, 1.165) is 21.8 Å². The molecule has 2 unspecified atom stereocenters. The zero-order valence-corrected chi connectivity index (χ0v) is 15.9. The van der Waals surface area contributed by atoms with E-state index >= 15 is 0 Å². The van der Waals surface area contributed by atoms with Gasteiger partial charge >= 0.3 is 0 Å². The Balaban J connectivity index is 1.56. The molecule has 1 aliphatic carbocycles. The number of nitrogens with zero attached hydrogens (tertiary/aromatic N) is 2. The highest BCUT2D eigenvalue weighted by atomic mass is 16.2. The highest BCUT2D eigenvalue weighted by Gasteiger charge is 2.47. The fraction of sp³-hybridized carbons (Fsp3) is 0.409. The van der Waals surface area contributed by atoms with Crippen LogP contribution in [0.25, 0.3) is 0 Å². The van der Waals surface area contributed by atoms with Crippen molar-refractivity contribution in [3.8, 4) is 0 Å². The fourth-order valence-electron chi connectivity index (χ4n) is 4.64. The number of likely N-dealkylation sites (N-methyl/N-ethyl adjacent to an activating group) is 1. The van der Waals surface area contributed by atoms with Crippen LogP contribution in [-0.2, 0) is 19.8 Å². The van der Waals surface area contributed by atoms with Crippen LogP contribution < -0.4 is 4.90 Å². The molecule has 0 bridgehead atoms. The van der Waals surface area contributed by atoms with Gasteiger partial charge in [-0.15, -0.1) is 0 Å². The van der Waals surface area contributed by atoms with E-state index in [1.807, 2.05) is 42.3 Å².